The van der Waals surface area contributed by atoms with Gasteiger partial charge in [-0.25, -0.2) is 10.8 Å². The van der Waals surface area contributed by atoms with Gasteiger partial charge in [-0.2, -0.15) is 4.98 Å². The Morgan fingerprint density at radius 3 is 2.83 bits per heavy atom. The topological polar surface area (TPSA) is 76.3 Å². The van der Waals surface area contributed by atoms with Gasteiger partial charge in [0.15, 0.2) is 0 Å². The molecule has 0 bridgehead atoms. The van der Waals surface area contributed by atoms with Gasteiger partial charge in [-0.15, -0.1) is 0 Å². The molecular formula is C12H21N5O. The molecular weight excluding hydrogens is 230 g/mol. The van der Waals surface area contributed by atoms with E-state index in [9.17, 15) is 0 Å². The van der Waals surface area contributed by atoms with Gasteiger partial charge in [-0.1, -0.05) is 0 Å². The van der Waals surface area contributed by atoms with E-state index in [-0.39, 0.29) is 0 Å². The van der Waals surface area contributed by atoms with Crippen LogP contribution >= 0.6 is 0 Å². The van der Waals surface area contributed by atoms with E-state index >= 15 is 0 Å². The molecule has 0 amide bonds. The minimum atomic E-state index is 0.462. The lowest BCUT2D eigenvalue weighted by atomic mass is 10.00. The van der Waals surface area contributed by atoms with Crippen molar-refractivity contribution in [3.8, 4) is 0 Å². The van der Waals surface area contributed by atoms with Gasteiger partial charge >= 0.3 is 0 Å². The zero-order valence-corrected chi connectivity index (χ0v) is 11.0. The molecule has 2 rings (SSSR count). The molecule has 100 valence electrons. The van der Waals surface area contributed by atoms with Crippen LogP contribution < -0.4 is 16.2 Å². The number of hydrogen-bond acceptors (Lipinski definition) is 6. The average Bonchev–Trinajstić information content (AvgIpc) is 2.39. The van der Waals surface area contributed by atoms with Crippen LogP contribution in [0.1, 0.15) is 18.5 Å². The zero-order valence-electron chi connectivity index (χ0n) is 11.0. The van der Waals surface area contributed by atoms with E-state index in [2.05, 4.69) is 27.3 Å². The number of hydrazine groups is 1. The Labute approximate surface area is 108 Å². The number of ether oxygens (including phenoxy) is 1. The highest BCUT2D eigenvalue weighted by molar-refractivity contribution is 5.43. The van der Waals surface area contributed by atoms with E-state index in [1.165, 1.54) is 0 Å². The third-order valence-corrected chi connectivity index (χ3v) is 3.23. The molecule has 1 aliphatic rings. The minimum absolute atomic E-state index is 0.462. The van der Waals surface area contributed by atoms with Crippen molar-refractivity contribution in [3.05, 3.63) is 11.8 Å². The molecule has 0 spiro atoms. The molecule has 1 aromatic rings. The van der Waals surface area contributed by atoms with Gasteiger partial charge in [0.1, 0.15) is 5.82 Å². The Kier molecular flexibility index (Phi) is 4.33. The second-order valence-electron chi connectivity index (χ2n) is 4.77. The van der Waals surface area contributed by atoms with Crippen molar-refractivity contribution < 1.29 is 4.74 Å². The predicted molar refractivity (Wildman–Crippen MR) is 71.4 cm³/mol. The Balaban J connectivity index is 2.02. The summed E-state index contributed by atoms with van der Waals surface area (Å²) in [5, 5.41) is 0. The molecule has 6 heteroatoms. The van der Waals surface area contributed by atoms with Gasteiger partial charge in [0.2, 0.25) is 5.95 Å². The highest BCUT2D eigenvalue weighted by Crippen LogP contribution is 2.19. The summed E-state index contributed by atoms with van der Waals surface area (Å²) < 4.78 is 5.37. The number of aryl methyl sites for hydroxylation is 1. The molecule has 0 aliphatic carbocycles. The van der Waals surface area contributed by atoms with Gasteiger partial charge < -0.3 is 9.64 Å². The van der Waals surface area contributed by atoms with E-state index < -0.39 is 0 Å². The smallest absolute Gasteiger partial charge is 0.239 e. The number of rotatable bonds is 4. The third kappa shape index (κ3) is 3.30. The third-order valence-electron chi connectivity index (χ3n) is 3.23. The molecule has 6 nitrogen and oxygen atoms in total. The Morgan fingerprint density at radius 2 is 2.17 bits per heavy atom. The summed E-state index contributed by atoms with van der Waals surface area (Å²) in [4.78, 5) is 10.7. The number of nitrogens with zero attached hydrogens (tertiary/aromatic N) is 3. The van der Waals surface area contributed by atoms with Crippen molar-refractivity contribution in [1.82, 2.24) is 9.97 Å². The lowest BCUT2D eigenvalue weighted by Gasteiger charge is -2.28. The van der Waals surface area contributed by atoms with E-state index in [0.29, 0.717) is 11.9 Å². The fourth-order valence-electron chi connectivity index (χ4n) is 2.22. The number of aromatic nitrogens is 2. The molecule has 0 radical (unpaired) electrons. The molecule has 1 fully saturated rings. The molecule has 0 saturated carbocycles. The van der Waals surface area contributed by atoms with Crippen molar-refractivity contribution in [3.63, 3.8) is 0 Å². The standard InChI is InChI=1S/C12H21N5O/c1-9-7-11(15-12(14-9)16-13)17(2)8-10-3-5-18-6-4-10/h7,10H,3-6,8,13H2,1-2H3,(H,14,15,16). The predicted octanol–water partition coefficient (Wildman–Crippen LogP) is 0.933. The maximum absolute atomic E-state index is 5.37. The van der Waals surface area contributed by atoms with Crippen molar-refractivity contribution in [2.24, 2.45) is 11.8 Å². The van der Waals surface area contributed by atoms with Crippen LogP contribution in [-0.4, -0.2) is 36.8 Å². The normalized spacial score (nSPS) is 16.6. The van der Waals surface area contributed by atoms with Crippen LogP contribution in [0.15, 0.2) is 6.07 Å². The first-order valence-electron chi connectivity index (χ1n) is 6.30. The molecule has 1 aliphatic heterocycles. The maximum atomic E-state index is 5.37. The fourth-order valence-corrected chi connectivity index (χ4v) is 2.22. The number of nitrogens with one attached hydrogen (secondary N) is 1. The summed E-state index contributed by atoms with van der Waals surface area (Å²) in [5.74, 6) is 7.40. The highest BCUT2D eigenvalue weighted by atomic mass is 16.5. The number of hydrogen-bond donors (Lipinski definition) is 2. The van der Waals surface area contributed by atoms with Crippen molar-refractivity contribution in [2.75, 3.05) is 37.1 Å². The average molecular weight is 251 g/mol. The summed E-state index contributed by atoms with van der Waals surface area (Å²) >= 11 is 0. The first-order chi connectivity index (χ1) is 8.69. The molecule has 0 unspecified atom stereocenters. The van der Waals surface area contributed by atoms with E-state index in [1.54, 1.807) is 0 Å². The van der Waals surface area contributed by atoms with E-state index in [1.807, 2.05) is 13.0 Å². The van der Waals surface area contributed by atoms with Crippen LogP contribution in [0.25, 0.3) is 0 Å². The molecule has 1 aromatic heterocycles. The monoisotopic (exact) mass is 251 g/mol. The largest absolute Gasteiger partial charge is 0.381 e. The van der Waals surface area contributed by atoms with Crippen LogP contribution in [-0.2, 0) is 4.74 Å². The van der Waals surface area contributed by atoms with Gasteiger partial charge in [-0.05, 0) is 25.7 Å². The molecule has 3 N–H and O–H groups in total. The fraction of sp³-hybridized carbons (Fsp3) is 0.667. The summed E-state index contributed by atoms with van der Waals surface area (Å²) in [6, 6.07) is 1.97. The van der Waals surface area contributed by atoms with Crippen molar-refractivity contribution in [2.45, 2.75) is 19.8 Å². The first-order valence-corrected chi connectivity index (χ1v) is 6.30. The quantitative estimate of drug-likeness (QED) is 0.612. The SMILES string of the molecule is Cc1cc(N(C)CC2CCOCC2)nc(NN)n1. The highest BCUT2D eigenvalue weighted by Gasteiger charge is 2.17. The number of anilines is 2. The van der Waals surface area contributed by atoms with Gasteiger partial charge in [0.25, 0.3) is 0 Å². The second kappa shape index (κ2) is 5.97. The van der Waals surface area contributed by atoms with Gasteiger partial charge in [0, 0.05) is 38.6 Å². The lowest BCUT2D eigenvalue weighted by Crippen LogP contribution is -2.30. The number of nitrogen functional groups attached to an aromatic ring is 1. The Bertz CT molecular complexity index is 392. The summed E-state index contributed by atoms with van der Waals surface area (Å²) in [6.45, 7) is 4.67. The van der Waals surface area contributed by atoms with Crippen LogP contribution in [0.2, 0.25) is 0 Å². The second-order valence-corrected chi connectivity index (χ2v) is 4.77. The maximum Gasteiger partial charge on any atom is 0.239 e. The molecule has 0 atom stereocenters. The van der Waals surface area contributed by atoms with Crippen molar-refractivity contribution >= 4 is 11.8 Å². The Morgan fingerprint density at radius 1 is 1.44 bits per heavy atom. The zero-order chi connectivity index (χ0) is 13.0. The van der Waals surface area contributed by atoms with E-state index in [4.69, 9.17) is 10.6 Å². The van der Waals surface area contributed by atoms with Crippen molar-refractivity contribution in [1.29, 1.82) is 0 Å². The molecule has 18 heavy (non-hydrogen) atoms. The molecule has 2 heterocycles. The first kappa shape index (κ1) is 13.0. The number of nitrogens with two attached hydrogens (primary N) is 1. The van der Waals surface area contributed by atoms with Crippen LogP contribution in [0.5, 0.6) is 0 Å². The van der Waals surface area contributed by atoms with Gasteiger partial charge in [0.05, 0.1) is 0 Å². The van der Waals surface area contributed by atoms with E-state index in [0.717, 1.165) is 44.1 Å². The lowest BCUT2D eigenvalue weighted by molar-refractivity contribution is 0.0685. The van der Waals surface area contributed by atoms with Crippen LogP contribution in [0.3, 0.4) is 0 Å². The van der Waals surface area contributed by atoms with Crippen LogP contribution in [0.4, 0.5) is 11.8 Å². The molecule has 1 saturated heterocycles. The van der Waals surface area contributed by atoms with Gasteiger partial charge in [-0.3, -0.25) is 5.43 Å². The molecule has 0 aromatic carbocycles. The Hall–Kier alpha value is -1.40. The summed E-state index contributed by atoms with van der Waals surface area (Å²) in [5.41, 5.74) is 3.41. The minimum Gasteiger partial charge on any atom is -0.381 e. The summed E-state index contributed by atoms with van der Waals surface area (Å²) in [7, 11) is 2.05. The summed E-state index contributed by atoms with van der Waals surface area (Å²) in [6.07, 6.45) is 2.24. The van der Waals surface area contributed by atoms with Crippen LogP contribution in [0, 0.1) is 12.8 Å².